The number of nitrogens with one attached hydrogen (secondary N) is 1. The predicted molar refractivity (Wildman–Crippen MR) is 100 cm³/mol. The monoisotopic (exact) mass is 375 g/mol. The Morgan fingerprint density at radius 2 is 1.79 bits per heavy atom. The van der Waals surface area contributed by atoms with Gasteiger partial charge in [0.05, 0.1) is 5.56 Å². The minimum atomic E-state index is -0.572. The number of hydrogen-bond donors (Lipinski definition) is 1. The maximum atomic E-state index is 13.7. The summed E-state index contributed by atoms with van der Waals surface area (Å²) in [5, 5.41) is 14.8. The maximum Gasteiger partial charge on any atom is 0.258 e. The quantitative estimate of drug-likeness (QED) is 0.573. The summed E-state index contributed by atoms with van der Waals surface area (Å²) in [4.78, 5) is 12.1. The van der Waals surface area contributed by atoms with Gasteiger partial charge in [0.1, 0.15) is 11.6 Å². The third kappa shape index (κ3) is 3.85. The fourth-order valence-corrected chi connectivity index (χ4v) is 2.46. The molecule has 0 fully saturated rings. The van der Waals surface area contributed by atoms with Gasteiger partial charge in [-0.2, -0.15) is 5.10 Å². The van der Waals surface area contributed by atoms with Gasteiger partial charge in [-0.25, -0.2) is 9.07 Å². The molecule has 4 rings (SSSR count). The van der Waals surface area contributed by atoms with Gasteiger partial charge in [-0.3, -0.25) is 4.79 Å². The molecule has 2 aromatic heterocycles. The second-order valence-electron chi connectivity index (χ2n) is 5.74. The molecule has 0 bridgehead atoms. The SMILES string of the molecule is O=C(Nc1ccc(Oc2ccc(-n3cccn3)nn2)cc1)c1ccccc1F. The van der Waals surface area contributed by atoms with E-state index in [-0.39, 0.29) is 5.56 Å². The van der Waals surface area contributed by atoms with Crippen molar-refractivity contribution in [1.82, 2.24) is 20.0 Å². The van der Waals surface area contributed by atoms with Gasteiger partial charge in [-0.05, 0) is 48.5 Å². The molecule has 2 heterocycles. The fraction of sp³-hybridized carbons (Fsp3) is 0. The highest BCUT2D eigenvalue weighted by molar-refractivity contribution is 6.04. The zero-order valence-corrected chi connectivity index (χ0v) is 14.5. The highest BCUT2D eigenvalue weighted by Crippen LogP contribution is 2.22. The standard InChI is InChI=1S/C20H14FN5O2/c21-17-5-2-1-4-16(17)20(27)23-14-6-8-15(9-7-14)28-19-11-10-18(24-25-19)26-13-3-12-22-26/h1-13H,(H,23,27). The molecule has 28 heavy (non-hydrogen) atoms. The third-order valence-electron chi connectivity index (χ3n) is 3.82. The van der Waals surface area contributed by atoms with Gasteiger partial charge in [-0.1, -0.05) is 12.1 Å². The van der Waals surface area contributed by atoms with Gasteiger partial charge in [-0.15, -0.1) is 10.2 Å². The second-order valence-corrected chi connectivity index (χ2v) is 5.74. The Hall–Kier alpha value is -4.07. The van der Waals surface area contributed by atoms with Crippen LogP contribution in [0.3, 0.4) is 0 Å². The van der Waals surface area contributed by atoms with Crippen molar-refractivity contribution < 1.29 is 13.9 Å². The highest BCUT2D eigenvalue weighted by Gasteiger charge is 2.11. The molecular weight excluding hydrogens is 361 g/mol. The van der Waals surface area contributed by atoms with Crippen molar-refractivity contribution in [2.24, 2.45) is 0 Å². The molecule has 0 aliphatic rings. The lowest BCUT2D eigenvalue weighted by atomic mass is 10.2. The van der Waals surface area contributed by atoms with Crippen molar-refractivity contribution >= 4 is 11.6 Å². The molecule has 8 heteroatoms. The summed E-state index contributed by atoms with van der Waals surface area (Å²) in [6.45, 7) is 0. The summed E-state index contributed by atoms with van der Waals surface area (Å²) in [6.07, 6.45) is 3.41. The molecule has 1 amide bonds. The molecular formula is C20H14FN5O2. The molecule has 0 atom stereocenters. The molecule has 4 aromatic rings. The van der Waals surface area contributed by atoms with Crippen LogP contribution < -0.4 is 10.1 Å². The summed E-state index contributed by atoms with van der Waals surface area (Å²) in [7, 11) is 0. The minimum absolute atomic E-state index is 0.0182. The zero-order valence-electron chi connectivity index (χ0n) is 14.5. The Morgan fingerprint density at radius 1 is 0.964 bits per heavy atom. The molecule has 0 radical (unpaired) electrons. The average Bonchev–Trinajstić information content (AvgIpc) is 3.25. The Bertz CT molecular complexity index is 1080. The van der Waals surface area contributed by atoms with Gasteiger partial charge in [0, 0.05) is 24.1 Å². The number of benzene rings is 2. The molecule has 7 nitrogen and oxygen atoms in total. The Kier molecular flexibility index (Phi) is 4.75. The number of hydrogen-bond acceptors (Lipinski definition) is 5. The van der Waals surface area contributed by atoms with Crippen molar-refractivity contribution in [2.75, 3.05) is 5.32 Å². The van der Waals surface area contributed by atoms with E-state index < -0.39 is 11.7 Å². The number of aromatic nitrogens is 4. The fourth-order valence-electron chi connectivity index (χ4n) is 2.46. The first-order chi connectivity index (χ1) is 13.7. The smallest absolute Gasteiger partial charge is 0.258 e. The van der Waals surface area contributed by atoms with Crippen LogP contribution in [0, 0.1) is 5.82 Å². The molecule has 0 aliphatic heterocycles. The average molecular weight is 375 g/mol. The highest BCUT2D eigenvalue weighted by atomic mass is 19.1. The summed E-state index contributed by atoms with van der Waals surface area (Å²) in [5.41, 5.74) is 0.496. The number of anilines is 1. The molecule has 0 spiro atoms. The first-order valence-corrected chi connectivity index (χ1v) is 8.36. The summed E-state index contributed by atoms with van der Waals surface area (Å²) >= 11 is 0. The van der Waals surface area contributed by atoms with E-state index in [1.165, 1.54) is 18.2 Å². The van der Waals surface area contributed by atoms with Crippen molar-refractivity contribution in [1.29, 1.82) is 0 Å². The largest absolute Gasteiger partial charge is 0.438 e. The lowest BCUT2D eigenvalue weighted by Crippen LogP contribution is -2.13. The number of carbonyl (C=O) groups excluding carboxylic acids is 1. The molecule has 138 valence electrons. The molecule has 0 unspecified atom stereocenters. The summed E-state index contributed by atoms with van der Waals surface area (Å²) in [5.74, 6) is 0.316. The van der Waals surface area contributed by atoms with Crippen LogP contribution in [0.1, 0.15) is 10.4 Å². The lowest BCUT2D eigenvalue weighted by Gasteiger charge is -2.08. The van der Waals surface area contributed by atoms with Crippen LogP contribution in [0.5, 0.6) is 11.6 Å². The number of halogens is 1. The van der Waals surface area contributed by atoms with E-state index in [9.17, 15) is 9.18 Å². The normalized spacial score (nSPS) is 10.5. The van der Waals surface area contributed by atoms with E-state index in [4.69, 9.17) is 4.74 Å². The van der Waals surface area contributed by atoms with Crippen LogP contribution in [-0.2, 0) is 0 Å². The van der Waals surface area contributed by atoms with Crippen LogP contribution >= 0.6 is 0 Å². The van der Waals surface area contributed by atoms with E-state index >= 15 is 0 Å². The third-order valence-corrected chi connectivity index (χ3v) is 3.82. The van der Waals surface area contributed by atoms with Crippen molar-refractivity contribution in [3.63, 3.8) is 0 Å². The van der Waals surface area contributed by atoms with Crippen LogP contribution in [0.2, 0.25) is 0 Å². The molecule has 1 N–H and O–H groups in total. The number of rotatable bonds is 5. The molecule has 0 saturated heterocycles. The topological polar surface area (TPSA) is 81.9 Å². The van der Waals surface area contributed by atoms with Crippen LogP contribution in [0.25, 0.3) is 5.82 Å². The van der Waals surface area contributed by atoms with E-state index in [1.54, 1.807) is 65.6 Å². The zero-order chi connectivity index (χ0) is 19.3. The predicted octanol–water partition coefficient (Wildman–Crippen LogP) is 3.85. The van der Waals surface area contributed by atoms with Gasteiger partial charge in [0.2, 0.25) is 5.88 Å². The van der Waals surface area contributed by atoms with E-state index in [2.05, 4.69) is 20.6 Å². The lowest BCUT2D eigenvalue weighted by molar-refractivity contribution is 0.102. The number of ether oxygens (including phenoxy) is 1. The molecule has 0 saturated carbocycles. The maximum absolute atomic E-state index is 13.7. The van der Waals surface area contributed by atoms with Crippen molar-refractivity contribution in [3.8, 4) is 17.4 Å². The second kappa shape index (κ2) is 7.67. The van der Waals surface area contributed by atoms with Crippen LogP contribution in [0.15, 0.2) is 79.1 Å². The molecule has 0 aliphatic carbocycles. The van der Waals surface area contributed by atoms with Crippen molar-refractivity contribution in [2.45, 2.75) is 0 Å². The van der Waals surface area contributed by atoms with Gasteiger partial charge in [0.25, 0.3) is 5.91 Å². The summed E-state index contributed by atoms with van der Waals surface area (Å²) in [6, 6.07) is 17.6. The first kappa shape index (κ1) is 17.3. The van der Waals surface area contributed by atoms with Crippen LogP contribution in [0.4, 0.5) is 10.1 Å². The molecule has 2 aromatic carbocycles. The van der Waals surface area contributed by atoms with E-state index in [1.807, 2.05) is 0 Å². The van der Waals surface area contributed by atoms with Crippen molar-refractivity contribution in [3.05, 3.63) is 90.5 Å². The van der Waals surface area contributed by atoms with E-state index in [0.29, 0.717) is 23.1 Å². The first-order valence-electron chi connectivity index (χ1n) is 8.36. The number of nitrogens with zero attached hydrogens (tertiary/aromatic N) is 4. The van der Waals surface area contributed by atoms with E-state index in [0.717, 1.165) is 0 Å². The number of carbonyl (C=O) groups is 1. The Labute approximate surface area is 159 Å². The van der Waals surface area contributed by atoms with Crippen LogP contribution in [-0.4, -0.2) is 25.9 Å². The van der Waals surface area contributed by atoms with Gasteiger partial charge >= 0.3 is 0 Å². The van der Waals surface area contributed by atoms with Gasteiger partial charge < -0.3 is 10.1 Å². The summed E-state index contributed by atoms with van der Waals surface area (Å²) < 4.78 is 20.9. The minimum Gasteiger partial charge on any atom is -0.438 e. The van der Waals surface area contributed by atoms with Gasteiger partial charge in [0.15, 0.2) is 5.82 Å². The Balaban J connectivity index is 1.41. The number of amides is 1. The Morgan fingerprint density at radius 3 is 2.46 bits per heavy atom.